The van der Waals surface area contributed by atoms with Crippen molar-refractivity contribution in [1.29, 1.82) is 0 Å². The van der Waals surface area contributed by atoms with Crippen molar-refractivity contribution >= 4 is 57.2 Å². The lowest BCUT2D eigenvalue weighted by Crippen LogP contribution is -2.35. The molecule has 0 aromatic heterocycles. The normalized spacial score (nSPS) is 15.6. The van der Waals surface area contributed by atoms with Gasteiger partial charge in [0.25, 0.3) is 0 Å². The van der Waals surface area contributed by atoms with Gasteiger partial charge in [0, 0.05) is 23.0 Å². The van der Waals surface area contributed by atoms with E-state index in [4.69, 9.17) is 33.5 Å². The van der Waals surface area contributed by atoms with E-state index < -0.39 is 0 Å². The molecule has 0 bridgehead atoms. The summed E-state index contributed by atoms with van der Waals surface area (Å²) in [4.78, 5) is 6.70. The summed E-state index contributed by atoms with van der Waals surface area (Å²) in [5, 5.41) is 5.40. The zero-order valence-electron chi connectivity index (χ0n) is 13.0. The zero-order chi connectivity index (χ0) is 16.9. The molecule has 7 heteroatoms. The van der Waals surface area contributed by atoms with Crippen molar-refractivity contribution < 1.29 is 4.74 Å². The number of hydrogen-bond donors (Lipinski definition) is 1. The van der Waals surface area contributed by atoms with Crippen LogP contribution in [0.15, 0.2) is 53.5 Å². The fourth-order valence-electron chi connectivity index (χ4n) is 2.21. The molecule has 0 aliphatic carbocycles. The van der Waals surface area contributed by atoms with E-state index in [0.717, 1.165) is 34.6 Å². The molecule has 1 N–H and O–H groups in total. The number of methoxy groups -OCH3 is 1. The van der Waals surface area contributed by atoms with Gasteiger partial charge >= 0.3 is 0 Å². The van der Waals surface area contributed by atoms with Gasteiger partial charge in [-0.1, -0.05) is 29.4 Å². The van der Waals surface area contributed by atoms with Crippen LogP contribution in [0.4, 0.5) is 11.4 Å². The standard InChI is InChI=1S/C17H16ClN3OS2/c1-22-15-7-5-13(6-8-15)20-17-21(9-10-24-17)16(23)19-14-4-2-3-12(18)11-14/h2-8,11H,9-10H2,1H3,(H,19,23)/b20-17+. The van der Waals surface area contributed by atoms with Crippen LogP contribution < -0.4 is 10.1 Å². The Bertz CT molecular complexity index is 765. The maximum atomic E-state index is 6.01. The number of halogens is 1. The monoisotopic (exact) mass is 377 g/mol. The Morgan fingerprint density at radius 3 is 2.79 bits per heavy atom. The first-order valence-corrected chi connectivity index (χ1v) is 9.12. The van der Waals surface area contributed by atoms with Crippen LogP contribution in [0.1, 0.15) is 0 Å². The Hall–Kier alpha value is -1.76. The minimum atomic E-state index is 0.620. The molecule has 2 aromatic rings. The van der Waals surface area contributed by atoms with E-state index in [0.29, 0.717) is 10.1 Å². The first-order valence-electron chi connectivity index (χ1n) is 7.35. The van der Waals surface area contributed by atoms with Crippen LogP contribution in [-0.4, -0.2) is 34.6 Å². The largest absolute Gasteiger partial charge is 0.497 e. The highest BCUT2D eigenvalue weighted by Gasteiger charge is 2.23. The highest BCUT2D eigenvalue weighted by Crippen LogP contribution is 2.25. The molecule has 1 aliphatic heterocycles. The van der Waals surface area contributed by atoms with Crippen molar-refractivity contribution in [3.63, 3.8) is 0 Å². The number of benzene rings is 2. The zero-order valence-corrected chi connectivity index (χ0v) is 15.4. The number of aliphatic imine (C=N–C) groups is 1. The SMILES string of the molecule is COc1ccc(/N=C2/SCCN2C(=S)Nc2cccc(Cl)c2)cc1. The molecule has 2 aromatic carbocycles. The lowest BCUT2D eigenvalue weighted by molar-refractivity contribution is 0.415. The van der Waals surface area contributed by atoms with Gasteiger partial charge in [0.05, 0.1) is 12.8 Å². The first-order chi connectivity index (χ1) is 11.7. The minimum absolute atomic E-state index is 0.620. The second-order valence-electron chi connectivity index (χ2n) is 5.03. The van der Waals surface area contributed by atoms with Crippen molar-refractivity contribution in [1.82, 2.24) is 4.90 Å². The predicted octanol–water partition coefficient (Wildman–Crippen LogP) is 4.78. The Morgan fingerprint density at radius 1 is 1.29 bits per heavy atom. The second-order valence-corrected chi connectivity index (χ2v) is 6.92. The Balaban J connectivity index is 1.74. The lowest BCUT2D eigenvalue weighted by Gasteiger charge is -2.20. The number of anilines is 1. The molecule has 0 saturated carbocycles. The minimum Gasteiger partial charge on any atom is -0.497 e. The van der Waals surface area contributed by atoms with Crippen LogP contribution in [0.2, 0.25) is 5.02 Å². The molecule has 0 spiro atoms. The Morgan fingerprint density at radius 2 is 2.08 bits per heavy atom. The molecular weight excluding hydrogens is 362 g/mol. The van der Waals surface area contributed by atoms with E-state index >= 15 is 0 Å². The number of thioether (sulfide) groups is 1. The molecule has 1 aliphatic rings. The van der Waals surface area contributed by atoms with Crippen LogP contribution in [-0.2, 0) is 0 Å². The molecule has 0 amide bonds. The van der Waals surface area contributed by atoms with Gasteiger partial charge < -0.3 is 10.1 Å². The fraction of sp³-hybridized carbons (Fsp3) is 0.176. The second kappa shape index (κ2) is 7.88. The average Bonchev–Trinajstić information content (AvgIpc) is 3.04. The van der Waals surface area contributed by atoms with E-state index in [9.17, 15) is 0 Å². The number of nitrogens with zero attached hydrogens (tertiary/aromatic N) is 2. The summed E-state index contributed by atoms with van der Waals surface area (Å²) in [5.74, 6) is 1.76. The predicted molar refractivity (Wildman–Crippen MR) is 107 cm³/mol. The summed E-state index contributed by atoms with van der Waals surface area (Å²) in [6, 6.07) is 15.1. The quantitative estimate of drug-likeness (QED) is 0.779. The third-order valence-corrected chi connectivity index (χ3v) is 4.91. The molecule has 1 heterocycles. The van der Waals surface area contributed by atoms with Crippen LogP contribution >= 0.6 is 35.6 Å². The molecule has 124 valence electrons. The molecule has 0 atom stereocenters. The number of hydrogen-bond acceptors (Lipinski definition) is 4. The van der Waals surface area contributed by atoms with Crippen molar-refractivity contribution in [2.75, 3.05) is 24.7 Å². The maximum Gasteiger partial charge on any atom is 0.179 e. The number of amidine groups is 1. The van der Waals surface area contributed by atoms with Crippen LogP contribution in [0.5, 0.6) is 5.75 Å². The molecule has 1 fully saturated rings. The molecule has 1 saturated heterocycles. The van der Waals surface area contributed by atoms with Gasteiger partial charge in [-0.2, -0.15) is 0 Å². The molecule has 3 rings (SSSR count). The Labute approximate surface area is 155 Å². The van der Waals surface area contributed by atoms with Gasteiger partial charge in [-0.15, -0.1) is 0 Å². The van der Waals surface area contributed by atoms with Gasteiger partial charge in [-0.25, -0.2) is 4.99 Å². The number of nitrogens with one attached hydrogen (secondary N) is 1. The van der Waals surface area contributed by atoms with Crippen molar-refractivity contribution in [3.8, 4) is 5.75 Å². The van der Waals surface area contributed by atoms with Crippen LogP contribution in [0, 0.1) is 0 Å². The summed E-state index contributed by atoms with van der Waals surface area (Å²) in [7, 11) is 1.65. The van der Waals surface area contributed by atoms with Crippen LogP contribution in [0.25, 0.3) is 0 Å². The van der Waals surface area contributed by atoms with Gasteiger partial charge in [-0.3, -0.25) is 4.90 Å². The number of rotatable bonds is 3. The molecular formula is C17H16ClN3OS2. The summed E-state index contributed by atoms with van der Waals surface area (Å²) >= 11 is 13.2. The van der Waals surface area contributed by atoms with Gasteiger partial charge in [0.1, 0.15) is 5.75 Å². The van der Waals surface area contributed by atoms with Crippen molar-refractivity contribution in [3.05, 3.63) is 53.6 Å². The third kappa shape index (κ3) is 4.20. The summed E-state index contributed by atoms with van der Waals surface area (Å²) in [5.41, 5.74) is 1.74. The average molecular weight is 378 g/mol. The maximum absolute atomic E-state index is 6.01. The van der Waals surface area contributed by atoms with Gasteiger partial charge in [-0.05, 0) is 54.7 Å². The highest BCUT2D eigenvalue weighted by molar-refractivity contribution is 8.14. The first kappa shape index (κ1) is 17.1. The fourth-order valence-corrected chi connectivity index (χ4v) is 3.72. The summed E-state index contributed by atoms with van der Waals surface area (Å²) in [6.45, 7) is 0.825. The van der Waals surface area contributed by atoms with Gasteiger partial charge in [0.2, 0.25) is 0 Å². The van der Waals surface area contributed by atoms with Gasteiger partial charge in [0.15, 0.2) is 10.3 Å². The topological polar surface area (TPSA) is 36.9 Å². The number of ether oxygens (including phenoxy) is 1. The third-order valence-electron chi connectivity index (χ3n) is 3.40. The molecule has 0 unspecified atom stereocenters. The summed E-state index contributed by atoms with van der Waals surface area (Å²) in [6.07, 6.45) is 0. The molecule has 4 nitrogen and oxygen atoms in total. The molecule has 0 radical (unpaired) electrons. The van der Waals surface area contributed by atoms with Crippen LogP contribution in [0.3, 0.4) is 0 Å². The molecule has 24 heavy (non-hydrogen) atoms. The van der Waals surface area contributed by atoms with E-state index in [1.807, 2.05) is 53.4 Å². The summed E-state index contributed by atoms with van der Waals surface area (Å²) < 4.78 is 5.17. The number of thiocarbonyl (C=S) groups is 1. The lowest BCUT2D eigenvalue weighted by atomic mass is 10.3. The smallest absolute Gasteiger partial charge is 0.179 e. The van der Waals surface area contributed by atoms with Crippen molar-refractivity contribution in [2.24, 2.45) is 4.99 Å². The highest BCUT2D eigenvalue weighted by atomic mass is 35.5. The van der Waals surface area contributed by atoms with E-state index in [2.05, 4.69) is 5.32 Å². The van der Waals surface area contributed by atoms with Crippen molar-refractivity contribution in [2.45, 2.75) is 0 Å². The Kier molecular flexibility index (Phi) is 5.60. The van der Waals surface area contributed by atoms with E-state index in [1.165, 1.54) is 0 Å². The van der Waals surface area contributed by atoms with E-state index in [-0.39, 0.29) is 0 Å². The van der Waals surface area contributed by atoms with E-state index in [1.54, 1.807) is 18.9 Å².